The van der Waals surface area contributed by atoms with Crippen molar-refractivity contribution >= 4 is 28.4 Å². The van der Waals surface area contributed by atoms with E-state index >= 15 is 0 Å². The number of nitrogens with zero attached hydrogens (tertiary/aromatic N) is 4. The Kier molecular flexibility index (Phi) is 4.22. The molecule has 2 aliphatic rings. The molecule has 30 heavy (non-hydrogen) atoms. The average molecular weight is 423 g/mol. The van der Waals surface area contributed by atoms with E-state index in [4.69, 9.17) is 0 Å². The van der Waals surface area contributed by atoms with Crippen molar-refractivity contribution < 1.29 is 15.0 Å². The van der Waals surface area contributed by atoms with Crippen LogP contribution in [0.2, 0.25) is 0 Å². The zero-order valence-corrected chi connectivity index (χ0v) is 17.6. The van der Waals surface area contributed by atoms with Crippen LogP contribution in [0.3, 0.4) is 0 Å². The highest BCUT2D eigenvalue weighted by Crippen LogP contribution is 2.67. The maximum Gasteiger partial charge on any atom is 0.229 e. The van der Waals surface area contributed by atoms with Gasteiger partial charge in [0, 0.05) is 17.8 Å². The molecule has 2 saturated carbocycles. The maximum atomic E-state index is 12.4. The third-order valence-corrected chi connectivity index (χ3v) is 7.19. The van der Waals surface area contributed by atoms with Gasteiger partial charge in [0.25, 0.3) is 0 Å². The minimum Gasteiger partial charge on any atom is -0.389 e. The van der Waals surface area contributed by atoms with E-state index in [1.165, 1.54) is 4.88 Å². The molecular weight excluding hydrogens is 402 g/mol. The lowest BCUT2D eigenvalue weighted by atomic mass is 9.98. The molecule has 2 fully saturated rings. The van der Waals surface area contributed by atoms with E-state index in [2.05, 4.69) is 32.1 Å². The van der Waals surface area contributed by atoms with Gasteiger partial charge in [0.05, 0.1) is 34.5 Å². The SMILES string of the molecule is CNC(=O)[C@@]12C[C@@H]1[C@@H](n1cnc3c(C)nc(C#Cc4ccc(C)s4)nc31)C(O)C2O. The molecule has 0 aromatic carbocycles. The van der Waals surface area contributed by atoms with Gasteiger partial charge in [0.2, 0.25) is 11.7 Å². The first-order valence-electron chi connectivity index (χ1n) is 9.74. The fraction of sp³-hybridized carbons (Fsp3) is 0.429. The third kappa shape index (κ3) is 2.61. The van der Waals surface area contributed by atoms with Crippen LogP contribution in [-0.4, -0.2) is 54.9 Å². The number of aromatic nitrogens is 4. The summed E-state index contributed by atoms with van der Waals surface area (Å²) in [5, 5.41) is 24.0. The van der Waals surface area contributed by atoms with E-state index in [1.54, 1.807) is 29.3 Å². The predicted molar refractivity (Wildman–Crippen MR) is 111 cm³/mol. The van der Waals surface area contributed by atoms with Crippen LogP contribution in [-0.2, 0) is 4.79 Å². The molecule has 0 aliphatic heterocycles. The van der Waals surface area contributed by atoms with Crippen molar-refractivity contribution in [2.75, 3.05) is 7.05 Å². The number of aryl methyl sites for hydroxylation is 2. The van der Waals surface area contributed by atoms with Crippen LogP contribution in [0, 0.1) is 37.0 Å². The number of amides is 1. The molecule has 5 rings (SSSR count). The first-order valence-corrected chi connectivity index (χ1v) is 10.6. The Morgan fingerprint density at radius 2 is 2.10 bits per heavy atom. The smallest absolute Gasteiger partial charge is 0.229 e. The van der Waals surface area contributed by atoms with Crippen LogP contribution in [0.4, 0.5) is 0 Å². The van der Waals surface area contributed by atoms with E-state index in [0.29, 0.717) is 29.1 Å². The number of hydrogen-bond donors (Lipinski definition) is 3. The number of nitrogens with one attached hydrogen (secondary N) is 1. The van der Waals surface area contributed by atoms with Gasteiger partial charge in [-0.1, -0.05) is 0 Å². The highest BCUT2D eigenvalue weighted by Gasteiger charge is 2.75. The molecule has 3 aromatic rings. The lowest BCUT2D eigenvalue weighted by molar-refractivity contribution is -0.132. The average Bonchev–Trinajstić information content (AvgIpc) is 2.98. The number of aliphatic hydroxyl groups is 2. The van der Waals surface area contributed by atoms with Gasteiger partial charge in [-0.05, 0) is 44.2 Å². The first kappa shape index (κ1) is 19.2. The lowest BCUT2D eigenvalue weighted by Gasteiger charge is -2.23. The Labute approximate surface area is 177 Å². The third-order valence-electron chi connectivity index (χ3n) is 6.28. The van der Waals surface area contributed by atoms with Crippen LogP contribution in [0.25, 0.3) is 11.2 Å². The van der Waals surface area contributed by atoms with Crippen molar-refractivity contribution in [3.05, 3.63) is 39.7 Å². The second kappa shape index (κ2) is 6.60. The Balaban J connectivity index is 1.56. The Bertz CT molecular complexity index is 1240. The monoisotopic (exact) mass is 423 g/mol. The maximum absolute atomic E-state index is 12.4. The molecule has 0 spiro atoms. The Hall–Kier alpha value is -2.80. The second-order valence-electron chi connectivity index (χ2n) is 7.97. The molecule has 0 bridgehead atoms. The summed E-state index contributed by atoms with van der Waals surface area (Å²) in [5.74, 6) is 6.05. The van der Waals surface area contributed by atoms with Crippen molar-refractivity contribution in [3.63, 3.8) is 0 Å². The summed E-state index contributed by atoms with van der Waals surface area (Å²) in [7, 11) is 1.54. The zero-order chi connectivity index (χ0) is 21.2. The molecule has 3 heterocycles. The number of hydrogen-bond acceptors (Lipinski definition) is 7. The minimum atomic E-state index is -1.13. The number of carbonyl (C=O) groups is 1. The van der Waals surface area contributed by atoms with Gasteiger partial charge >= 0.3 is 0 Å². The molecule has 3 N–H and O–H groups in total. The molecule has 0 saturated heterocycles. The summed E-state index contributed by atoms with van der Waals surface area (Å²) in [5.41, 5.74) is 0.904. The zero-order valence-electron chi connectivity index (χ0n) is 16.7. The van der Waals surface area contributed by atoms with Crippen molar-refractivity contribution in [1.29, 1.82) is 0 Å². The van der Waals surface area contributed by atoms with Crippen molar-refractivity contribution in [1.82, 2.24) is 24.8 Å². The van der Waals surface area contributed by atoms with Gasteiger partial charge < -0.3 is 20.1 Å². The normalized spacial score (nSPS) is 29.4. The Morgan fingerprint density at radius 3 is 2.80 bits per heavy atom. The Morgan fingerprint density at radius 1 is 1.30 bits per heavy atom. The van der Waals surface area contributed by atoms with Gasteiger partial charge in [-0.15, -0.1) is 11.3 Å². The van der Waals surface area contributed by atoms with E-state index in [9.17, 15) is 15.0 Å². The summed E-state index contributed by atoms with van der Waals surface area (Å²) < 4.78 is 1.76. The minimum absolute atomic E-state index is 0.182. The molecular formula is C21H21N5O3S. The van der Waals surface area contributed by atoms with Crippen molar-refractivity contribution in [3.8, 4) is 11.8 Å². The number of carbonyl (C=O) groups excluding carboxylic acids is 1. The fourth-order valence-electron chi connectivity index (χ4n) is 4.74. The number of imidazole rings is 1. The standard InChI is InChI=1S/C21H21N5O3S/c1-10-4-5-12(30-10)6-7-14-24-11(2)15-19(25-14)26(9-23-15)16-13-8-21(13,20(29)22-3)18(28)17(16)27/h4-5,9,13,16-18,27-28H,8H2,1-3H3,(H,22,29)/t13-,16-,17?,18?,21+/m1/s1. The molecule has 2 aliphatic carbocycles. The number of rotatable bonds is 2. The van der Waals surface area contributed by atoms with E-state index < -0.39 is 23.7 Å². The van der Waals surface area contributed by atoms with E-state index in [1.807, 2.05) is 26.0 Å². The highest BCUT2D eigenvalue weighted by atomic mass is 32.1. The largest absolute Gasteiger partial charge is 0.389 e. The summed E-state index contributed by atoms with van der Waals surface area (Å²) in [6.45, 7) is 3.87. The summed E-state index contributed by atoms with van der Waals surface area (Å²) in [6, 6.07) is 3.49. The van der Waals surface area contributed by atoms with Crippen LogP contribution >= 0.6 is 11.3 Å². The predicted octanol–water partition coefficient (Wildman–Crippen LogP) is 0.933. The quantitative estimate of drug-likeness (QED) is 0.529. The number of thiophene rings is 1. The summed E-state index contributed by atoms with van der Waals surface area (Å²) in [4.78, 5) is 28.0. The van der Waals surface area contributed by atoms with Gasteiger partial charge in [0.15, 0.2) is 5.65 Å². The van der Waals surface area contributed by atoms with Crippen molar-refractivity contribution in [2.45, 2.75) is 38.5 Å². The molecule has 1 amide bonds. The molecule has 9 heteroatoms. The number of fused-ring (bicyclic) bond motifs is 2. The molecule has 8 nitrogen and oxygen atoms in total. The van der Waals surface area contributed by atoms with Crippen molar-refractivity contribution in [2.24, 2.45) is 11.3 Å². The summed E-state index contributed by atoms with van der Waals surface area (Å²) >= 11 is 1.61. The molecule has 154 valence electrons. The summed E-state index contributed by atoms with van der Waals surface area (Å²) in [6.07, 6.45) is -0.0964. The molecule has 3 aromatic heterocycles. The van der Waals surface area contributed by atoms with Gasteiger partial charge in [-0.2, -0.15) is 0 Å². The van der Waals surface area contributed by atoms with Gasteiger partial charge in [-0.3, -0.25) is 4.79 Å². The van der Waals surface area contributed by atoms with Gasteiger partial charge in [0.1, 0.15) is 11.6 Å². The molecule has 5 atom stereocenters. The van der Waals surface area contributed by atoms with E-state index in [-0.39, 0.29) is 11.8 Å². The van der Waals surface area contributed by atoms with Crippen LogP contribution < -0.4 is 5.32 Å². The second-order valence-corrected chi connectivity index (χ2v) is 9.26. The van der Waals surface area contributed by atoms with Crippen LogP contribution in [0.5, 0.6) is 0 Å². The molecule has 0 radical (unpaired) electrons. The van der Waals surface area contributed by atoms with E-state index in [0.717, 1.165) is 4.88 Å². The first-order chi connectivity index (χ1) is 14.4. The number of aliphatic hydroxyl groups excluding tert-OH is 2. The molecule has 2 unspecified atom stereocenters. The highest BCUT2D eigenvalue weighted by molar-refractivity contribution is 7.12. The van der Waals surface area contributed by atoms with Gasteiger partial charge in [-0.25, -0.2) is 15.0 Å². The van der Waals surface area contributed by atoms with Crippen LogP contribution in [0.1, 0.15) is 33.7 Å². The van der Waals surface area contributed by atoms with Crippen LogP contribution in [0.15, 0.2) is 18.5 Å². The topological polar surface area (TPSA) is 113 Å². The lowest BCUT2D eigenvalue weighted by Crippen LogP contribution is -2.41. The fourth-order valence-corrected chi connectivity index (χ4v) is 5.46.